The van der Waals surface area contributed by atoms with Gasteiger partial charge in [0.2, 0.25) is 0 Å². The predicted octanol–water partition coefficient (Wildman–Crippen LogP) is 24.3. The molecule has 0 saturated carbocycles. The van der Waals surface area contributed by atoms with Crippen LogP contribution >= 0.6 is 0 Å². The van der Waals surface area contributed by atoms with E-state index in [0.29, 0.717) is 19.3 Å². The van der Waals surface area contributed by atoms with E-state index in [1.54, 1.807) is 0 Å². The molecule has 1 unspecified atom stereocenters. The first-order valence-electron chi connectivity index (χ1n) is 35.0. The van der Waals surface area contributed by atoms with Crippen LogP contribution in [-0.4, -0.2) is 37.2 Å². The van der Waals surface area contributed by atoms with Gasteiger partial charge < -0.3 is 14.2 Å². The molecule has 6 nitrogen and oxygen atoms in total. The third-order valence-electron chi connectivity index (χ3n) is 15.0. The van der Waals surface area contributed by atoms with Gasteiger partial charge >= 0.3 is 17.9 Å². The van der Waals surface area contributed by atoms with E-state index in [2.05, 4.69) is 142 Å². The van der Waals surface area contributed by atoms with Crippen molar-refractivity contribution in [1.29, 1.82) is 0 Å². The van der Waals surface area contributed by atoms with E-state index < -0.39 is 6.10 Å². The molecule has 0 heterocycles. The average molecular weight is 1150 g/mol. The lowest BCUT2D eigenvalue weighted by Gasteiger charge is -2.18. The molecule has 0 radical (unpaired) electrons. The predicted molar refractivity (Wildman–Crippen MR) is 362 cm³/mol. The minimum atomic E-state index is -0.806. The molecule has 0 aromatic heterocycles. The molecule has 0 fully saturated rings. The van der Waals surface area contributed by atoms with Crippen LogP contribution < -0.4 is 0 Å². The highest BCUT2D eigenvalue weighted by molar-refractivity contribution is 5.71. The van der Waals surface area contributed by atoms with Crippen LogP contribution in [0.15, 0.2) is 122 Å². The van der Waals surface area contributed by atoms with Crippen molar-refractivity contribution in [2.24, 2.45) is 0 Å². The number of carbonyl (C=O) groups is 3. The van der Waals surface area contributed by atoms with Gasteiger partial charge in [0.15, 0.2) is 6.10 Å². The Morgan fingerprint density at radius 2 is 0.482 bits per heavy atom. The monoisotopic (exact) mass is 1150 g/mol. The van der Waals surface area contributed by atoms with Crippen LogP contribution in [0.3, 0.4) is 0 Å². The maximum absolute atomic E-state index is 13.0. The number of ether oxygens (including phenoxy) is 3. The summed E-state index contributed by atoms with van der Waals surface area (Å²) in [6, 6.07) is 0. The summed E-state index contributed by atoms with van der Waals surface area (Å²) in [5.41, 5.74) is 0. The lowest BCUT2D eigenvalue weighted by molar-refractivity contribution is -0.167. The summed E-state index contributed by atoms with van der Waals surface area (Å²) in [4.78, 5) is 38.4. The van der Waals surface area contributed by atoms with E-state index in [4.69, 9.17) is 14.2 Å². The molecule has 0 rings (SSSR count). The molecule has 0 saturated heterocycles. The van der Waals surface area contributed by atoms with E-state index in [9.17, 15) is 14.4 Å². The van der Waals surface area contributed by atoms with Gasteiger partial charge in [0.05, 0.1) is 0 Å². The minimum absolute atomic E-state index is 0.0955. The Kier molecular flexibility index (Phi) is 66.7. The van der Waals surface area contributed by atoms with Crippen molar-refractivity contribution in [2.45, 2.75) is 335 Å². The topological polar surface area (TPSA) is 78.9 Å². The minimum Gasteiger partial charge on any atom is -0.462 e. The fourth-order valence-electron chi connectivity index (χ4n) is 9.74. The zero-order chi connectivity index (χ0) is 59.9. The summed E-state index contributed by atoms with van der Waals surface area (Å²) in [7, 11) is 0. The van der Waals surface area contributed by atoms with E-state index in [-0.39, 0.29) is 37.5 Å². The van der Waals surface area contributed by atoms with Crippen molar-refractivity contribution in [3.63, 3.8) is 0 Å². The second kappa shape index (κ2) is 70.3. The molecule has 474 valence electrons. The lowest BCUT2D eigenvalue weighted by Crippen LogP contribution is -2.30. The molecule has 0 N–H and O–H groups in total. The third-order valence-corrected chi connectivity index (χ3v) is 15.0. The van der Waals surface area contributed by atoms with Gasteiger partial charge in [-0.05, 0) is 109 Å². The summed E-state index contributed by atoms with van der Waals surface area (Å²) >= 11 is 0. The molecule has 0 aliphatic heterocycles. The van der Waals surface area contributed by atoms with Crippen LogP contribution in [0, 0.1) is 0 Å². The van der Waals surface area contributed by atoms with Gasteiger partial charge in [-0.15, -0.1) is 0 Å². The summed E-state index contributed by atoms with van der Waals surface area (Å²) in [5.74, 6) is -0.948. The molecular weight excluding hydrogens is 1020 g/mol. The third kappa shape index (κ3) is 68.5. The van der Waals surface area contributed by atoms with Crippen LogP contribution in [0.25, 0.3) is 0 Å². The molecule has 0 aromatic carbocycles. The molecule has 1 atom stereocenters. The van der Waals surface area contributed by atoms with Gasteiger partial charge in [-0.1, -0.05) is 322 Å². The Morgan fingerprint density at radius 1 is 0.253 bits per heavy atom. The van der Waals surface area contributed by atoms with Crippen molar-refractivity contribution in [1.82, 2.24) is 0 Å². The summed E-state index contributed by atoms with van der Waals surface area (Å²) < 4.78 is 16.9. The number of carbonyl (C=O) groups excluding carboxylic acids is 3. The van der Waals surface area contributed by atoms with Gasteiger partial charge in [0.25, 0.3) is 0 Å². The Labute approximate surface area is 513 Å². The number of hydrogen-bond acceptors (Lipinski definition) is 6. The van der Waals surface area contributed by atoms with E-state index in [1.165, 1.54) is 180 Å². The zero-order valence-corrected chi connectivity index (χ0v) is 54.4. The number of allylic oxidation sites excluding steroid dienone is 20. The van der Waals surface area contributed by atoms with Crippen molar-refractivity contribution in [2.75, 3.05) is 13.2 Å². The normalized spacial score (nSPS) is 12.9. The van der Waals surface area contributed by atoms with Crippen molar-refractivity contribution in [3.05, 3.63) is 122 Å². The van der Waals surface area contributed by atoms with Crippen molar-refractivity contribution in [3.8, 4) is 0 Å². The molecule has 83 heavy (non-hydrogen) atoms. The first-order valence-corrected chi connectivity index (χ1v) is 35.0. The highest BCUT2D eigenvalue weighted by atomic mass is 16.6. The highest BCUT2D eigenvalue weighted by Gasteiger charge is 2.19. The van der Waals surface area contributed by atoms with E-state index in [1.807, 2.05) is 0 Å². The van der Waals surface area contributed by atoms with Crippen LogP contribution in [-0.2, 0) is 28.6 Å². The fourth-order valence-corrected chi connectivity index (χ4v) is 9.74. The maximum atomic E-state index is 13.0. The van der Waals surface area contributed by atoms with Crippen LogP contribution in [0.1, 0.15) is 329 Å². The van der Waals surface area contributed by atoms with E-state index >= 15 is 0 Å². The quantitative estimate of drug-likeness (QED) is 0.0261. The van der Waals surface area contributed by atoms with Gasteiger partial charge in [0, 0.05) is 19.3 Å². The lowest BCUT2D eigenvalue weighted by atomic mass is 10.0. The fraction of sp³-hybridized carbons (Fsp3) is 0.701. The van der Waals surface area contributed by atoms with Gasteiger partial charge in [0.1, 0.15) is 13.2 Å². The summed E-state index contributed by atoms with van der Waals surface area (Å²) in [6.07, 6.45) is 97.9. The first kappa shape index (κ1) is 78.8. The first-order chi connectivity index (χ1) is 41.0. The van der Waals surface area contributed by atoms with Crippen molar-refractivity contribution >= 4 is 17.9 Å². The maximum Gasteiger partial charge on any atom is 0.306 e. The highest BCUT2D eigenvalue weighted by Crippen LogP contribution is 2.17. The van der Waals surface area contributed by atoms with Gasteiger partial charge in [-0.3, -0.25) is 14.4 Å². The van der Waals surface area contributed by atoms with Gasteiger partial charge in [-0.2, -0.15) is 0 Å². The Balaban J connectivity index is 4.44. The second-order valence-electron chi connectivity index (χ2n) is 23.1. The van der Waals surface area contributed by atoms with Crippen molar-refractivity contribution < 1.29 is 28.6 Å². The molecule has 0 aliphatic rings. The molecule has 0 amide bonds. The molecule has 6 heteroatoms. The molecule has 0 aliphatic carbocycles. The number of esters is 3. The second-order valence-corrected chi connectivity index (χ2v) is 23.1. The number of hydrogen-bond donors (Lipinski definition) is 0. The zero-order valence-electron chi connectivity index (χ0n) is 54.4. The summed E-state index contributed by atoms with van der Waals surface area (Å²) in [5, 5.41) is 0. The van der Waals surface area contributed by atoms with E-state index in [0.717, 1.165) is 103 Å². The Hall–Kier alpha value is -4.19. The SMILES string of the molecule is CC/C=C\C/C=C\C/C=C\C/C=C\C/C=C\C/C=C\C/C=C\C/C=C\C/C=C\CCCC(=O)OCC(COC(=O)CCCCCCCCCCCCCCCCC)OC(=O)CCCCCCCCCCC/C=C\CCCCCCCCCC. The van der Waals surface area contributed by atoms with Gasteiger partial charge in [-0.25, -0.2) is 0 Å². The average Bonchev–Trinajstić information content (AvgIpc) is 3.49. The Bertz CT molecular complexity index is 1700. The number of rotatable bonds is 63. The summed E-state index contributed by atoms with van der Waals surface area (Å²) in [6.45, 7) is 6.51. The van der Waals surface area contributed by atoms with Crippen LogP contribution in [0.5, 0.6) is 0 Å². The Morgan fingerprint density at radius 3 is 0.795 bits per heavy atom. The van der Waals surface area contributed by atoms with Crippen LogP contribution in [0.4, 0.5) is 0 Å². The molecule has 0 spiro atoms. The molecule has 0 bridgehead atoms. The standard InChI is InChI=1S/C77H130O6/c1-4-7-10-13-16-19-22-25-28-30-32-34-35-36-37-38-39-40-41-43-44-46-49-52-55-58-61-64-67-70-76(79)82-73-74(72-81-75(78)69-66-63-60-57-54-51-48-27-24-21-18-15-12-9-6-3)83-77(80)71-68-65-62-59-56-53-50-47-45-42-33-31-29-26-23-20-17-14-11-8-5-2/h7,10,16,19,25,28,31-34,36-37,39-40,43-44,49,52,58,61,74H,4-6,8-9,11-15,17-18,20-24,26-27,29-30,35,38,41-42,45-48,50-51,53-57,59-60,62-73H2,1-3H3/b10-7-,19-16-,28-25-,33-31-,34-32-,37-36-,40-39-,44-43-,52-49-,61-58-. The largest absolute Gasteiger partial charge is 0.462 e. The number of unbranched alkanes of at least 4 members (excludes halogenated alkanes) is 32. The smallest absolute Gasteiger partial charge is 0.306 e. The molecular formula is C77H130O6. The van der Waals surface area contributed by atoms with Crippen LogP contribution in [0.2, 0.25) is 0 Å². The molecule has 0 aromatic rings.